The molecular weight excluding hydrogens is 847 g/mol. The van der Waals surface area contributed by atoms with Crippen LogP contribution in [0.2, 0.25) is 0 Å². The molecule has 13 rings (SSSR count). The quantitative estimate of drug-likeness (QED) is 0.159. The molecule has 0 radical (unpaired) electrons. The summed E-state index contributed by atoms with van der Waals surface area (Å²) >= 11 is 1.85. The molecule has 68 heavy (non-hydrogen) atoms. The summed E-state index contributed by atoms with van der Waals surface area (Å²) < 4.78 is 0. The van der Waals surface area contributed by atoms with Crippen molar-refractivity contribution in [2.75, 3.05) is 0 Å². The molecule has 0 amide bonds. The Morgan fingerprint density at radius 3 is 1.28 bits per heavy atom. The van der Waals surface area contributed by atoms with Crippen LogP contribution in [0, 0.1) is 0 Å². The number of rotatable bonds is 7. The minimum Gasteiger partial charge on any atom is -0.255 e. The van der Waals surface area contributed by atoms with E-state index in [2.05, 4.69) is 164 Å². The monoisotopic (exact) mass is 885 g/mol. The maximum atomic E-state index is 5.10. The zero-order valence-corrected chi connectivity index (χ0v) is 37.5. The Morgan fingerprint density at radius 2 is 0.735 bits per heavy atom. The predicted octanol–water partition coefficient (Wildman–Crippen LogP) is 15.2. The van der Waals surface area contributed by atoms with Crippen LogP contribution in [0.1, 0.15) is 22.3 Å². The molecule has 0 bridgehead atoms. The van der Waals surface area contributed by atoms with Crippen LogP contribution in [0.4, 0.5) is 0 Å². The van der Waals surface area contributed by atoms with Crippen LogP contribution >= 0.6 is 11.8 Å². The lowest BCUT2D eigenvalue weighted by Crippen LogP contribution is -2.32. The Bertz CT molecular complexity index is 3530. The van der Waals surface area contributed by atoms with E-state index >= 15 is 0 Å². The molecule has 0 saturated heterocycles. The van der Waals surface area contributed by atoms with Crippen LogP contribution in [0.25, 0.3) is 90.1 Å². The van der Waals surface area contributed by atoms with E-state index in [4.69, 9.17) is 24.9 Å². The van der Waals surface area contributed by atoms with Crippen LogP contribution in [-0.2, 0) is 5.41 Å². The summed E-state index contributed by atoms with van der Waals surface area (Å²) in [4.78, 5) is 27.0. The minimum absolute atomic E-state index is 0.513. The second-order valence-corrected chi connectivity index (χ2v) is 18.3. The van der Waals surface area contributed by atoms with Crippen LogP contribution in [0.15, 0.2) is 247 Å². The summed E-state index contributed by atoms with van der Waals surface area (Å²) in [6.07, 6.45) is 3.63. The van der Waals surface area contributed by atoms with E-state index in [9.17, 15) is 0 Å². The van der Waals surface area contributed by atoms with Crippen molar-refractivity contribution in [2.24, 2.45) is 0 Å². The van der Waals surface area contributed by atoms with Gasteiger partial charge >= 0.3 is 0 Å². The zero-order valence-electron chi connectivity index (χ0n) is 36.7. The lowest BCUT2D eigenvalue weighted by atomic mass is 9.67. The first-order chi connectivity index (χ1) is 33.7. The first-order valence-corrected chi connectivity index (χ1v) is 23.6. The van der Waals surface area contributed by atoms with Crippen molar-refractivity contribution in [3.8, 4) is 90.1 Å². The van der Waals surface area contributed by atoms with Gasteiger partial charge in [-0.2, -0.15) is 0 Å². The van der Waals surface area contributed by atoms with Crippen molar-refractivity contribution in [1.82, 2.24) is 24.9 Å². The third-order valence-electron chi connectivity index (χ3n) is 13.3. The Balaban J connectivity index is 0.942. The van der Waals surface area contributed by atoms with Gasteiger partial charge in [0.25, 0.3) is 0 Å². The van der Waals surface area contributed by atoms with Gasteiger partial charge in [-0.3, -0.25) is 9.97 Å². The number of hydrogen-bond acceptors (Lipinski definition) is 6. The summed E-state index contributed by atoms with van der Waals surface area (Å²) in [5.41, 5.74) is 19.8. The predicted molar refractivity (Wildman–Crippen MR) is 275 cm³/mol. The highest BCUT2D eigenvalue weighted by molar-refractivity contribution is 7.99. The number of benzene rings is 7. The van der Waals surface area contributed by atoms with Crippen molar-refractivity contribution in [3.05, 3.63) is 259 Å². The molecule has 5 nitrogen and oxygen atoms in total. The zero-order chi connectivity index (χ0) is 45.0. The number of hydrogen-bond donors (Lipinski definition) is 0. The van der Waals surface area contributed by atoms with Crippen LogP contribution in [0.3, 0.4) is 0 Å². The Hall–Kier alpha value is -8.58. The van der Waals surface area contributed by atoms with Crippen molar-refractivity contribution >= 4 is 11.8 Å². The van der Waals surface area contributed by atoms with E-state index in [1.54, 1.807) is 0 Å². The Labute approximate surface area is 399 Å². The van der Waals surface area contributed by atoms with E-state index in [-0.39, 0.29) is 0 Å². The molecule has 1 aliphatic carbocycles. The average Bonchev–Trinajstić information content (AvgIpc) is 3.71. The molecule has 0 fully saturated rings. The fraction of sp³-hybridized carbons (Fsp3) is 0.0161. The number of nitrogens with zero attached hydrogens (tertiary/aromatic N) is 5. The molecule has 0 unspecified atom stereocenters. The summed E-state index contributed by atoms with van der Waals surface area (Å²) in [5.74, 6) is 0.705. The van der Waals surface area contributed by atoms with Crippen molar-refractivity contribution in [3.63, 3.8) is 0 Å². The maximum absolute atomic E-state index is 5.10. The highest BCUT2D eigenvalue weighted by Crippen LogP contribution is 2.62. The Morgan fingerprint density at radius 1 is 0.279 bits per heavy atom. The molecule has 2 aliphatic rings. The molecule has 1 aliphatic heterocycles. The van der Waals surface area contributed by atoms with E-state index < -0.39 is 5.41 Å². The van der Waals surface area contributed by atoms with Crippen molar-refractivity contribution in [2.45, 2.75) is 15.2 Å². The average molecular weight is 886 g/mol. The fourth-order valence-electron chi connectivity index (χ4n) is 10.2. The van der Waals surface area contributed by atoms with Gasteiger partial charge in [-0.05, 0) is 110 Å². The molecule has 0 atom stereocenters. The summed E-state index contributed by atoms with van der Waals surface area (Å²) in [6, 6.07) is 79.7. The summed E-state index contributed by atoms with van der Waals surface area (Å²) in [7, 11) is 0. The summed E-state index contributed by atoms with van der Waals surface area (Å²) in [6.45, 7) is 0. The lowest BCUT2D eigenvalue weighted by Gasteiger charge is -2.40. The normalized spacial score (nSPS) is 12.8. The lowest BCUT2D eigenvalue weighted by molar-refractivity contribution is 0.723. The molecule has 7 aromatic carbocycles. The van der Waals surface area contributed by atoms with Gasteiger partial charge in [0, 0.05) is 38.9 Å². The van der Waals surface area contributed by atoms with Gasteiger partial charge in [0.15, 0.2) is 5.82 Å². The van der Waals surface area contributed by atoms with E-state index in [0.29, 0.717) is 5.82 Å². The van der Waals surface area contributed by atoms with E-state index in [1.165, 1.54) is 43.2 Å². The molecular formula is C62H39N5S. The SMILES string of the molecule is c1ccc(-c2cc(-c3ccc(-c4ccc5c(c4)Sc4cc(-c6cc(-c7ccccn7)nc(-c7ccccn7)c6)ccc4C54c5ccccc5-c5ccccc54)cc3)nc(-c3ccccc3)n2)cc1. The molecule has 1 spiro atoms. The van der Waals surface area contributed by atoms with Crippen molar-refractivity contribution in [1.29, 1.82) is 0 Å². The molecule has 11 aromatic rings. The first-order valence-electron chi connectivity index (χ1n) is 22.8. The van der Waals surface area contributed by atoms with Gasteiger partial charge in [-0.25, -0.2) is 15.0 Å². The largest absolute Gasteiger partial charge is 0.255 e. The second-order valence-electron chi connectivity index (χ2n) is 17.2. The molecule has 318 valence electrons. The van der Waals surface area contributed by atoms with E-state index in [0.717, 1.165) is 73.1 Å². The van der Waals surface area contributed by atoms with Gasteiger partial charge in [0.05, 0.1) is 39.6 Å². The van der Waals surface area contributed by atoms with Gasteiger partial charge < -0.3 is 0 Å². The van der Waals surface area contributed by atoms with Crippen LogP contribution < -0.4 is 0 Å². The maximum Gasteiger partial charge on any atom is 0.160 e. The number of aromatic nitrogens is 5. The smallest absolute Gasteiger partial charge is 0.160 e. The fourth-order valence-corrected chi connectivity index (χ4v) is 11.4. The topological polar surface area (TPSA) is 64.5 Å². The van der Waals surface area contributed by atoms with Gasteiger partial charge in [-0.1, -0.05) is 182 Å². The van der Waals surface area contributed by atoms with Crippen molar-refractivity contribution < 1.29 is 0 Å². The van der Waals surface area contributed by atoms with Crippen LogP contribution in [0.5, 0.6) is 0 Å². The summed E-state index contributed by atoms with van der Waals surface area (Å²) in [5, 5.41) is 0. The highest BCUT2D eigenvalue weighted by Gasteiger charge is 2.50. The molecule has 0 N–H and O–H groups in total. The molecule has 4 aromatic heterocycles. The first kappa shape index (κ1) is 39.8. The van der Waals surface area contributed by atoms with Gasteiger partial charge in [0.2, 0.25) is 0 Å². The van der Waals surface area contributed by atoms with Crippen LogP contribution in [-0.4, -0.2) is 24.9 Å². The highest BCUT2D eigenvalue weighted by atomic mass is 32.2. The van der Waals surface area contributed by atoms with Gasteiger partial charge in [0.1, 0.15) is 0 Å². The molecule has 5 heterocycles. The number of pyridine rings is 3. The van der Waals surface area contributed by atoms with E-state index in [1.807, 2.05) is 84.8 Å². The Kier molecular flexibility index (Phi) is 9.58. The second kappa shape index (κ2) is 16.4. The molecule has 6 heteroatoms. The standard InChI is InChI=1S/C62H39N5S/c1-3-15-41(16-4-1)55-39-56(67-61(66-55)43-17-5-2-6-18-43)42-27-25-40(26-28-42)44-29-31-51-59(37-44)68-60-38-45(30-32-52(60)62(51)49-21-9-7-19-47(49)48-20-8-10-22-50(48)62)46-35-57(53-23-11-13-33-63-53)65-58(36-46)54-24-12-14-34-64-54/h1-39H. The molecule has 0 saturated carbocycles. The minimum atomic E-state index is -0.513. The third-order valence-corrected chi connectivity index (χ3v) is 14.4. The van der Waals surface area contributed by atoms with Gasteiger partial charge in [-0.15, -0.1) is 0 Å². The third kappa shape index (κ3) is 6.68. The number of fused-ring (bicyclic) bond motifs is 9.